The lowest BCUT2D eigenvalue weighted by atomic mass is 10.1. The van der Waals surface area contributed by atoms with Gasteiger partial charge in [-0.25, -0.2) is 4.39 Å². The van der Waals surface area contributed by atoms with Crippen LogP contribution in [0, 0.1) is 5.82 Å². The van der Waals surface area contributed by atoms with E-state index in [1.165, 1.54) is 17.8 Å². The SMILES string of the molecule is N/C(=N/O)c1cccc(CSCCO)c1F. The second-order valence-corrected chi connectivity index (χ2v) is 4.15. The molecule has 0 spiro atoms. The van der Waals surface area contributed by atoms with Gasteiger partial charge in [0.25, 0.3) is 0 Å². The van der Waals surface area contributed by atoms with E-state index in [1.54, 1.807) is 12.1 Å². The first kappa shape index (κ1) is 12.8. The van der Waals surface area contributed by atoms with Crippen molar-refractivity contribution in [2.24, 2.45) is 10.9 Å². The minimum atomic E-state index is -0.483. The summed E-state index contributed by atoms with van der Waals surface area (Å²) in [5, 5.41) is 19.8. The molecule has 1 aromatic rings. The minimum Gasteiger partial charge on any atom is -0.409 e. The van der Waals surface area contributed by atoms with Crippen molar-refractivity contribution in [3.63, 3.8) is 0 Å². The molecule has 4 N–H and O–H groups in total. The van der Waals surface area contributed by atoms with Crippen LogP contribution in [-0.4, -0.2) is 28.5 Å². The summed E-state index contributed by atoms with van der Waals surface area (Å²) in [5.74, 6) is 0.265. The fourth-order valence-corrected chi connectivity index (χ4v) is 1.91. The molecule has 0 unspecified atom stereocenters. The highest BCUT2D eigenvalue weighted by molar-refractivity contribution is 7.98. The van der Waals surface area contributed by atoms with E-state index < -0.39 is 5.82 Å². The van der Waals surface area contributed by atoms with E-state index in [-0.39, 0.29) is 18.0 Å². The standard InChI is InChI=1S/C10H13FN2O2S/c11-9-7(6-16-5-4-14)2-1-3-8(9)10(12)13-15/h1-3,14-15H,4-6H2,(H2,12,13). The summed E-state index contributed by atoms with van der Waals surface area (Å²) < 4.78 is 13.8. The van der Waals surface area contributed by atoms with Crippen molar-refractivity contribution in [2.75, 3.05) is 12.4 Å². The Bertz CT molecular complexity index is 385. The summed E-state index contributed by atoms with van der Waals surface area (Å²) >= 11 is 1.42. The molecular weight excluding hydrogens is 231 g/mol. The van der Waals surface area contributed by atoms with Crippen LogP contribution < -0.4 is 5.73 Å². The number of aliphatic hydroxyl groups excluding tert-OH is 1. The highest BCUT2D eigenvalue weighted by Crippen LogP contribution is 2.18. The molecule has 0 heterocycles. The molecule has 0 aliphatic rings. The molecule has 0 aliphatic carbocycles. The number of nitrogens with two attached hydrogens (primary N) is 1. The first-order valence-electron chi connectivity index (χ1n) is 4.64. The van der Waals surface area contributed by atoms with Crippen LogP contribution in [0.3, 0.4) is 0 Å². The van der Waals surface area contributed by atoms with Gasteiger partial charge in [-0.2, -0.15) is 11.8 Å². The number of oxime groups is 1. The fourth-order valence-electron chi connectivity index (χ4n) is 1.19. The van der Waals surface area contributed by atoms with Gasteiger partial charge in [-0.05, 0) is 11.6 Å². The van der Waals surface area contributed by atoms with Crippen LogP contribution in [0.1, 0.15) is 11.1 Å². The molecule has 0 saturated heterocycles. The zero-order chi connectivity index (χ0) is 12.0. The molecule has 16 heavy (non-hydrogen) atoms. The van der Waals surface area contributed by atoms with Crippen LogP contribution in [0.4, 0.5) is 4.39 Å². The maximum Gasteiger partial charge on any atom is 0.173 e. The van der Waals surface area contributed by atoms with Gasteiger partial charge in [0.1, 0.15) is 5.82 Å². The van der Waals surface area contributed by atoms with E-state index >= 15 is 0 Å². The molecule has 0 atom stereocenters. The Morgan fingerprint density at radius 2 is 2.25 bits per heavy atom. The van der Waals surface area contributed by atoms with Crippen LogP contribution >= 0.6 is 11.8 Å². The van der Waals surface area contributed by atoms with E-state index in [0.717, 1.165) is 0 Å². The summed E-state index contributed by atoms with van der Waals surface area (Å²) in [4.78, 5) is 0. The fraction of sp³-hybridized carbons (Fsp3) is 0.300. The van der Waals surface area contributed by atoms with E-state index in [0.29, 0.717) is 17.1 Å². The second-order valence-electron chi connectivity index (χ2n) is 3.04. The van der Waals surface area contributed by atoms with Crippen molar-refractivity contribution in [1.29, 1.82) is 0 Å². The van der Waals surface area contributed by atoms with Gasteiger partial charge in [0.15, 0.2) is 5.84 Å². The molecule has 0 aliphatic heterocycles. The zero-order valence-electron chi connectivity index (χ0n) is 8.56. The van der Waals surface area contributed by atoms with Gasteiger partial charge >= 0.3 is 0 Å². The first-order valence-corrected chi connectivity index (χ1v) is 5.80. The Balaban J connectivity index is 2.86. The summed E-state index contributed by atoms with van der Waals surface area (Å²) in [6, 6.07) is 4.73. The Morgan fingerprint density at radius 1 is 1.50 bits per heavy atom. The average molecular weight is 244 g/mol. The van der Waals surface area contributed by atoms with Crippen molar-refractivity contribution in [1.82, 2.24) is 0 Å². The Kier molecular flexibility index (Phi) is 5.07. The predicted molar refractivity (Wildman–Crippen MR) is 62.2 cm³/mol. The lowest BCUT2D eigenvalue weighted by Gasteiger charge is -2.06. The van der Waals surface area contributed by atoms with Gasteiger partial charge in [-0.1, -0.05) is 17.3 Å². The quantitative estimate of drug-likeness (QED) is 0.239. The number of halogens is 1. The summed E-state index contributed by atoms with van der Waals surface area (Å²) in [6.07, 6.45) is 0. The molecule has 1 rings (SSSR count). The Hall–Kier alpha value is -1.27. The zero-order valence-corrected chi connectivity index (χ0v) is 9.38. The topological polar surface area (TPSA) is 78.8 Å². The first-order chi connectivity index (χ1) is 7.70. The lowest BCUT2D eigenvalue weighted by Crippen LogP contribution is -2.15. The Morgan fingerprint density at radius 3 is 2.88 bits per heavy atom. The average Bonchev–Trinajstić information content (AvgIpc) is 2.30. The van der Waals surface area contributed by atoms with Crippen LogP contribution in [0.15, 0.2) is 23.4 Å². The number of hydrogen-bond acceptors (Lipinski definition) is 4. The normalized spacial score (nSPS) is 11.8. The molecule has 4 nitrogen and oxygen atoms in total. The molecule has 0 amide bonds. The van der Waals surface area contributed by atoms with Crippen LogP contribution in [-0.2, 0) is 5.75 Å². The molecule has 6 heteroatoms. The summed E-state index contributed by atoms with van der Waals surface area (Å²) in [7, 11) is 0. The Labute approximate surface area is 97.0 Å². The van der Waals surface area contributed by atoms with Crippen molar-refractivity contribution in [3.05, 3.63) is 35.1 Å². The van der Waals surface area contributed by atoms with Gasteiger partial charge in [0, 0.05) is 11.5 Å². The van der Waals surface area contributed by atoms with Gasteiger partial charge in [0.2, 0.25) is 0 Å². The van der Waals surface area contributed by atoms with Crippen molar-refractivity contribution < 1.29 is 14.7 Å². The van der Waals surface area contributed by atoms with Crippen molar-refractivity contribution >= 4 is 17.6 Å². The van der Waals surface area contributed by atoms with Gasteiger partial charge in [-0.3, -0.25) is 0 Å². The molecule has 0 aromatic heterocycles. The van der Waals surface area contributed by atoms with Crippen LogP contribution in [0.2, 0.25) is 0 Å². The van der Waals surface area contributed by atoms with Gasteiger partial charge in [-0.15, -0.1) is 0 Å². The van der Waals surface area contributed by atoms with E-state index in [2.05, 4.69) is 5.16 Å². The third-order valence-corrected chi connectivity index (χ3v) is 2.94. The number of thioether (sulfide) groups is 1. The number of nitrogens with zero attached hydrogens (tertiary/aromatic N) is 1. The maximum atomic E-state index is 13.8. The number of amidine groups is 1. The smallest absolute Gasteiger partial charge is 0.173 e. The molecular formula is C10H13FN2O2S. The maximum absolute atomic E-state index is 13.8. The summed E-state index contributed by atoms with van der Waals surface area (Å²) in [6.45, 7) is 0.0617. The third kappa shape index (κ3) is 3.11. The lowest BCUT2D eigenvalue weighted by molar-refractivity contribution is 0.318. The number of hydrogen-bond donors (Lipinski definition) is 3. The highest BCUT2D eigenvalue weighted by atomic mass is 32.2. The molecule has 0 bridgehead atoms. The molecule has 0 fully saturated rings. The number of rotatable bonds is 5. The van der Waals surface area contributed by atoms with Crippen molar-refractivity contribution in [2.45, 2.75) is 5.75 Å². The largest absolute Gasteiger partial charge is 0.409 e. The van der Waals surface area contributed by atoms with E-state index in [1.807, 2.05) is 0 Å². The molecule has 1 aromatic carbocycles. The number of aliphatic hydroxyl groups is 1. The third-order valence-electron chi connectivity index (χ3n) is 1.96. The van der Waals surface area contributed by atoms with Gasteiger partial charge in [0.05, 0.1) is 12.2 Å². The van der Waals surface area contributed by atoms with Crippen LogP contribution in [0.5, 0.6) is 0 Å². The highest BCUT2D eigenvalue weighted by Gasteiger charge is 2.11. The summed E-state index contributed by atoms with van der Waals surface area (Å²) in [5.41, 5.74) is 5.89. The van der Waals surface area contributed by atoms with Crippen LogP contribution in [0.25, 0.3) is 0 Å². The number of benzene rings is 1. The van der Waals surface area contributed by atoms with Gasteiger partial charge < -0.3 is 16.0 Å². The van der Waals surface area contributed by atoms with E-state index in [4.69, 9.17) is 16.0 Å². The van der Waals surface area contributed by atoms with E-state index in [9.17, 15) is 4.39 Å². The minimum absolute atomic E-state index is 0.0617. The second kappa shape index (κ2) is 6.34. The monoisotopic (exact) mass is 244 g/mol. The molecule has 0 saturated carbocycles. The molecule has 0 radical (unpaired) electrons. The predicted octanol–water partition coefficient (Wildman–Crippen LogP) is 1.15. The van der Waals surface area contributed by atoms with Crippen molar-refractivity contribution in [3.8, 4) is 0 Å². The molecule has 88 valence electrons.